The van der Waals surface area contributed by atoms with Crippen LogP contribution in [0.2, 0.25) is 20.1 Å². The van der Waals surface area contributed by atoms with E-state index in [9.17, 15) is 63.1 Å². The number of carbonyl (C=O) groups excluding carboxylic acids is 4. The molecule has 12 aromatic heterocycles. The van der Waals surface area contributed by atoms with Crippen molar-refractivity contribution in [3.8, 4) is 45.6 Å². The van der Waals surface area contributed by atoms with Gasteiger partial charge in [-0.3, -0.25) is 19.2 Å². The molecule has 1 fully saturated rings. The Morgan fingerprint density at radius 3 is 1.18 bits per heavy atom. The molecule has 4 amide bonds. The van der Waals surface area contributed by atoms with Gasteiger partial charge in [-0.1, -0.05) is 53.3 Å². The highest BCUT2D eigenvalue weighted by Gasteiger charge is 2.42. The van der Waals surface area contributed by atoms with Crippen LogP contribution in [0.25, 0.3) is 89.7 Å². The number of aryl methyl sites for hydroxylation is 3. The lowest BCUT2D eigenvalue weighted by Crippen LogP contribution is -2.50. The number of hydrogen-bond acceptors (Lipinski definition) is 20. The van der Waals surface area contributed by atoms with E-state index in [1.807, 2.05) is 45.3 Å². The summed E-state index contributed by atoms with van der Waals surface area (Å²) in [5.41, 5.74) is 6.02. The molecule has 0 aromatic carbocycles. The van der Waals surface area contributed by atoms with Crippen molar-refractivity contribution >= 4 is 137 Å². The van der Waals surface area contributed by atoms with Gasteiger partial charge in [-0.2, -0.15) is 26.3 Å². The van der Waals surface area contributed by atoms with Crippen LogP contribution in [0.3, 0.4) is 0 Å². The summed E-state index contributed by atoms with van der Waals surface area (Å²) < 4.78 is 127. The minimum absolute atomic E-state index is 0. The van der Waals surface area contributed by atoms with Gasteiger partial charge >= 0.3 is 12.4 Å². The lowest BCUT2D eigenvalue weighted by molar-refractivity contribution is -0.140. The number of aromatic amines is 4. The largest absolute Gasteiger partial charge is 0.405 e. The molecule has 0 spiro atoms. The molecule has 1 aliphatic rings. The number of rotatable bonds is 22. The highest BCUT2D eigenvalue weighted by Crippen LogP contribution is 2.38. The minimum atomic E-state index is -4.54. The summed E-state index contributed by atoms with van der Waals surface area (Å²) in [4.78, 5) is 116. The third kappa shape index (κ3) is 21.9. The molecule has 28 nitrogen and oxygen atoms in total. The predicted octanol–water partition coefficient (Wildman–Crippen LogP) is 18.0. The van der Waals surface area contributed by atoms with Gasteiger partial charge in [0.2, 0.25) is 23.6 Å². The molecule has 0 unspecified atom stereocenters. The molecular formula is C77H100Cl4F10N24O4. The van der Waals surface area contributed by atoms with Crippen LogP contribution in [0, 0.1) is 47.4 Å². The first kappa shape index (κ1) is 90.0. The number of alkyl halides is 9. The van der Waals surface area contributed by atoms with Crippen molar-refractivity contribution in [1.82, 2.24) is 101 Å². The lowest BCUT2D eigenvalue weighted by atomic mass is 10.0. The van der Waals surface area contributed by atoms with E-state index in [4.69, 9.17) is 46.4 Å². The molecule has 650 valence electrons. The second-order valence-corrected chi connectivity index (χ2v) is 30.9. The summed E-state index contributed by atoms with van der Waals surface area (Å²) in [6.45, 7) is 18.2. The van der Waals surface area contributed by atoms with Gasteiger partial charge in [0, 0.05) is 153 Å². The number of aromatic nitrogens is 16. The molecule has 119 heavy (non-hydrogen) atoms. The standard InChI is InChI=1S/C20H19ClF4N6O.C19H20ClF3N6O.C19H21ClF2N6O.C19H22ClFN6O.9H2/c1-2-11-3-4-15(19(32)29-9-20(23,24)25)31(11)18-14(22)8-28-17(30-18)13-7-27-16-12(13)5-10(21)6-26-16;1-9-10(2)27-16(13-7-25-15-12(13)5-11(20)6-24-15)28-14(9)29-18(3,4)17(30)26-8-19(21,22)23;1-9-10(2)26-17(13-7-24-16-12(13)5-11(20)6-23-16)27-15(9)28-19(3,4)18(29)25-8-14(21)22;1-10-11(2)25-17(14-9-24-16-13(14)7-12(20)8-23-16)26-15(10)27-19(3,4)18(28)22-6-5-21;;;;;;;;;/h5-8,11,15H,2-4,9H2,1H3,(H,26,27)(H,29,32);5-7H,8H2,1-4H3,(H,24,25)(H,26,30)(H,27,28,29);5-7,14H,8H2,1-4H3,(H,23,24)(H,25,29)(H,26,27,28);7-9H,5-6H2,1-4H3,(H,22,28)(H,23,24)(H,25,26,27);9*1H/t11-,15+;;;;;;;;;;;;/m0............/s1. The van der Waals surface area contributed by atoms with E-state index < -0.39 is 91.3 Å². The van der Waals surface area contributed by atoms with Gasteiger partial charge in [0.25, 0.3) is 6.43 Å². The van der Waals surface area contributed by atoms with E-state index in [-0.39, 0.29) is 49.4 Å². The normalized spacial score (nSPS) is 13.8. The van der Waals surface area contributed by atoms with Crippen molar-refractivity contribution in [2.45, 2.75) is 157 Å². The van der Waals surface area contributed by atoms with E-state index in [2.05, 4.69) is 106 Å². The molecule has 11 N–H and O–H groups in total. The highest BCUT2D eigenvalue weighted by atomic mass is 35.5. The Morgan fingerprint density at radius 1 is 0.487 bits per heavy atom. The van der Waals surface area contributed by atoms with Crippen LogP contribution in [-0.2, 0) is 19.2 Å². The van der Waals surface area contributed by atoms with Crippen molar-refractivity contribution in [2.24, 2.45) is 0 Å². The first-order valence-corrected chi connectivity index (χ1v) is 38.2. The first-order valence-electron chi connectivity index (χ1n) is 36.7. The maximum Gasteiger partial charge on any atom is 0.405 e. The second kappa shape index (κ2) is 36.9. The van der Waals surface area contributed by atoms with Gasteiger partial charge in [-0.25, -0.2) is 77.4 Å². The summed E-state index contributed by atoms with van der Waals surface area (Å²) in [5, 5.41) is 22.5. The Balaban J connectivity index is 0.000000835. The Morgan fingerprint density at radius 2 is 0.832 bits per heavy atom. The Hall–Kier alpha value is -11.4. The number of nitrogens with zero attached hydrogens (tertiary/aromatic N) is 13. The third-order valence-electron chi connectivity index (χ3n) is 19.1. The summed E-state index contributed by atoms with van der Waals surface area (Å²) >= 11 is 24.2. The zero-order valence-electron chi connectivity index (χ0n) is 66.1. The van der Waals surface area contributed by atoms with Gasteiger partial charge in [-0.15, -0.1) is 0 Å². The number of fused-ring (bicyclic) bond motifs is 4. The molecule has 13 heterocycles. The molecule has 0 aliphatic carbocycles. The summed E-state index contributed by atoms with van der Waals surface area (Å²) in [6, 6.07) is 5.74. The molecular weight excluding hydrogens is 1660 g/mol. The van der Waals surface area contributed by atoms with Crippen molar-refractivity contribution < 1.29 is 75.9 Å². The number of pyridine rings is 4. The molecule has 2 atom stereocenters. The van der Waals surface area contributed by atoms with Crippen molar-refractivity contribution in [3.05, 3.63) is 140 Å². The average molecular weight is 1760 g/mol. The first-order chi connectivity index (χ1) is 55.9. The number of amides is 4. The van der Waals surface area contributed by atoms with Crippen LogP contribution in [0.4, 0.5) is 67.2 Å². The van der Waals surface area contributed by atoms with Crippen LogP contribution in [-0.4, -0.2) is 184 Å². The lowest BCUT2D eigenvalue weighted by Gasteiger charge is -2.30. The summed E-state index contributed by atoms with van der Waals surface area (Å²) in [7, 11) is 0. The van der Waals surface area contributed by atoms with E-state index >= 15 is 0 Å². The third-order valence-corrected chi connectivity index (χ3v) is 19.9. The molecule has 1 saturated heterocycles. The average Bonchev–Trinajstić information content (AvgIpc) is 1.60. The number of H-pyrrole nitrogens is 4. The van der Waals surface area contributed by atoms with Crippen molar-refractivity contribution in [2.75, 3.05) is 53.7 Å². The topological polar surface area (TPSA) is 374 Å². The summed E-state index contributed by atoms with van der Waals surface area (Å²) in [6.07, 6.45) is 3.63. The number of hydrogen-bond donors (Lipinski definition) is 11. The van der Waals surface area contributed by atoms with Crippen LogP contribution < -0.4 is 42.1 Å². The summed E-state index contributed by atoms with van der Waals surface area (Å²) in [5.74, 6) is -0.625. The molecule has 13 rings (SSSR count). The molecule has 1 aliphatic heterocycles. The van der Waals surface area contributed by atoms with Crippen LogP contribution in [0.5, 0.6) is 0 Å². The second-order valence-electron chi connectivity index (χ2n) is 29.2. The molecule has 0 radical (unpaired) electrons. The maximum atomic E-state index is 14.8. The Kier molecular flexibility index (Phi) is 27.9. The van der Waals surface area contributed by atoms with Crippen LogP contribution in [0.15, 0.2) is 80.0 Å². The Labute approximate surface area is 707 Å². The number of carbonyl (C=O) groups is 4. The zero-order chi connectivity index (χ0) is 87.1. The van der Waals surface area contributed by atoms with Gasteiger partial charge in [0.15, 0.2) is 34.9 Å². The Bertz CT molecular complexity index is 5790. The SMILES string of the molecule is CC[C@H]1CC[C@H](C(=O)NCC(F)(F)F)N1c1nc(-c2c[nH]c3ncc(Cl)cc23)ncc1F.Cc1nc(-c2c[nH]c3ncc(Cl)cc23)nc(NC(C)(C)C(=O)NCC(F)(F)F)c1C.Cc1nc(-c2c[nH]c3ncc(Cl)cc23)nc(NC(C)(C)C(=O)NCC(F)F)c1C.Cc1nc(-c2c[nH]c3ncc(Cl)cc23)nc(NC(C)(C)C(=O)NCCF)c1C.[HH].[HH].[HH].[HH].[HH].[HH].[HH].[HH].[HH]. The monoisotopic (exact) mass is 1750 g/mol. The van der Waals surface area contributed by atoms with E-state index in [0.29, 0.717) is 129 Å². The fraction of sp³-hybridized carbons (Fsp3) is 0.377. The number of nitrogens with one attached hydrogen (secondary N) is 11. The maximum absolute atomic E-state index is 14.8. The van der Waals surface area contributed by atoms with Gasteiger partial charge in [0.1, 0.15) is 82.5 Å². The fourth-order valence-electron chi connectivity index (χ4n) is 12.3. The van der Waals surface area contributed by atoms with Gasteiger partial charge < -0.3 is 62.1 Å². The quantitative estimate of drug-likeness (QED) is 0.0281. The molecule has 0 bridgehead atoms. The zero-order valence-corrected chi connectivity index (χ0v) is 69.2. The molecule has 12 aromatic rings. The van der Waals surface area contributed by atoms with Crippen LogP contribution in [0.1, 0.15) is 114 Å². The number of anilines is 4. The minimum Gasteiger partial charge on any atom is -0.356 e. The molecule has 0 saturated carbocycles. The van der Waals surface area contributed by atoms with E-state index in [0.717, 1.165) is 44.7 Å². The predicted molar refractivity (Wildman–Crippen MR) is 455 cm³/mol. The van der Waals surface area contributed by atoms with Crippen LogP contribution >= 0.6 is 46.4 Å². The van der Waals surface area contributed by atoms with E-state index in [1.165, 1.54) is 31.1 Å². The van der Waals surface area contributed by atoms with Gasteiger partial charge in [-0.05, 0) is 127 Å². The van der Waals surface area contributed by atoms with E-state index in [1.54, 1.807) is 103 Å². The van der Waals surface area contributed by atoms with Crippen molar-refractivity contribution in [1.29, 1.82) is 0 Å². The van der Waals surface area contributed by atoms with Gasteiger partial charge in [0.05, 0.1) is 32.8 Å². The van der Waals surface area contributed by atoms with Crippen molar-refractivity contribution in [3.63, 3.8) is 0 Å². The highest BCUT2D eigenvalue weighted by molar-refractivity contribution is 6.32. The fourth-order valence-corrected chi connectivity index (χ4v) is 13.0. The number of halogens is 14. The smallest absolute Gasteiger partial charge is 0.356 e. The molecule has 42 heteroatoms.